The fraction of sp³-hybridized carbons (Fsp3) is 0.333. The zero-order valence-electron chi connectivity index (χ0n) is 16.8. The molecule has 0 saturated carbocycles. The van der Waals surface area contributed by atoms with E-state index in [1.807, 2.05) is 39.0 Å². The second-order valence-electron chi connectivity index (χ2n) is 7.08. The third kappa shape index (κ3) is 13.7. The number of halogens is 3. The highest BCUT2D eigenvalue weighted by Crippen LogP contribution is 2.15. The third-order valence-corrected chi connectivity index (χ3v) is 3.67. The summed E-state index contributed by atoms with van der Waals surface area (Å²) in [6.07, 6.45) is 0. The van der Waals surface area contributed by atoms with Gasteiger partial charge in [-0.2, -0.15) is 0 Å². The summed E-state index contributed by atoms with van der Waals surface area (Å²) in [6, 6.07) is 16.1. The van der Waals surface area contributed by atoms with Crippen LogP contribution in [0.5, 0.6) is 0 Å². The lowest BCUT2D eigenvalue weighted by atomic mass is 10.0. The minimum absolute atomic E-state index is 0. The average molecular weight is 448 g/mol. The summed E-state index contributed by atoms with van der Waals surface area (Å²) in [7, 11) is 0. The number of nitrogens with two attached hydrogens (primary N) is 1. The molecule has 0 aliphatic rings. The Morgan fingerprint density at radius 1 is 0.857 bits per heavy atom. The van der Waals surface area contributed by atoms with Gasteiger partial charge in [0.2, 0.25) is 0 Å². The van der Waals surface area contributed by atoms with Crippen molar-refractivity contribution in [3.8, 4) is 0 Å². The van der Waals surface area contributed by atoms with E-state index in [1.54, 1.807) is 36.4 Å². The number of carbonyl (C=O) groups is 2. The highest BCUT2D eigenvalue weighted by molar-refractivity contribution is 6.68. The lowest BCUT2D eigenvalue weighted by molar-refractivity contribution is 0.107. The molecule has 2 aromatic rings. The normalized spacial score (nSPS) is 9.89. The molecule has 0 unspecified atom stereocenters. The van der Waals surface area contributed by atoms with Crippen LogP contribution in [-0.2, 0) is 0 Å². The van der Waals surface area contributed by atoms with Crippen molar-refractivity contribution in [3.63, 3.8) is 0 Å². The van der Waals surface area contributed by atoms with Crippen molar-refractivity contribution in [2.75, 3.05) is 0 Å². The number of hydrogen-bond acceptors (Lipinski definition) is 4. The number of nitrogens with one attached hydrogen (secondary N) is 1. The number of benzene rings is 2. The largest absolute Gasteiger partial charge is 0.276 e. The Bertz CT molecular complexity index is 698. The molecule has 28 heavy (non-hydrogen) atoms. The van der Waals surface area contributed by atoms with E-state index in [9.17, 15) is 9.59 Å². The van der Waals surface area contributed by atoms with E-state index in [1.165, 1.54) is 5.56 Å². The molecular weight excluding hydrogens is 419 g/mol. The van der Waals surface area contributed by atoms with Gasteiger partial charge in [-0.3, -0.25) is 20.9 Å². The summed E-state index contributed by atoms with van der Waals surface area (Å²) in [5.74, 6) is 5.55. The molecule has 0 amide bonds. The molecule has 0 saturated heterocycles. The zero-order chi connectivity index (χ0) is 21.0. The van der Waals surface area contributed by atoms with Crippen LogP contribution in [0, 0.1) is 0 Å². The number of hydrogen-bond donors (Lipinski definition) is 2. The highest BCUT2D eigenvalue weighted by Gasteiger charge is 2.03. The SMILES string of the molecule is CC(C)(C)NN.CC(C)c1ccc(C(=O)Cl)cc1.Cl.O=C(Cl)c1ccccc1. The highest BCUT2D eigenvalue weighted by atomic mass is 35.5. The van der Waals surface area contributed by atoms with Crippen LogP contribution in [-0.4, -0.2) is 16.0 Å². The van der Waals surface area contributed by atoms with Crippen LogP contribution in [0.1, 0.15) is 66.8 Å². The number of carbonyl (C=O) groups excluding carboxylic acids is 2. The van der Waals surface area contributed by atoms with Crippen molar-refractivity contribution in [3.05, 3.63) is 71.3 Å². The van der Waals surface area contributed by atoms with Crippen LogP contribution >= 0.6 is 35.6 Å². The van der Waals surface area contributed by atoms with Gasteiger partial charge in [-0.1, -0.05) is 56.3 Å². The maximum Gasteiger partial charge on any atom is 0.252 e. The average Bonchev–Trinajstić information content (AvgIpc) is 2.63. The van der Waals surface area contributed by atoms with Crippen molar-refractivity contribution >= 4 is 46.1 Å². The van der Waals surface area contributed by atoms with E-state index in [2.05, 4.69) is 19.3 Å². The summed E-state index contributed by atoms with van der Waals surface area (Å²) < 4.78 is 0. The lowest BCUT2D eigenvalue weighted by Gasteiger charge is -2.14. The molecule has 3 N–H and O–H groups in total. The van der Waals surface area contributed by atoms with Crippen LogP contribution in [0.15, 0.2) is 54.6 Å². The predicted octanol–water partition coefficient (Wildman–Crippen LogP) is 5.92. The molecule has 156 valence electrons. The summed E-state index contributed by atoms with van der Waals surface area (Å²) in [5.41, 5.74) is 4.99. The molecule has 2 aromatic carbocycles. The molecule has 7 heteroatoms. The first-order valence-electron chi connectivity index (χ1n) is 8.50. The second-order valence-corrected chi connectivity index (χ2v) is 7.77. The zero-order valence-corrected chi connectivity index (χ0v) is 19.2. The van der Waals surface area contributed by atoms with Crippen molar-refractivity contribution in [2.24, 2.45) is 5.84 Å². The number of rotatable bonds is 3. The first kappa shape index (κ1) is 28.8. The Morgan fingerprint density at radius 3 is 1.46 bits per heavy atom. The quantitative estimate of drug-likeness (QED) is 0.348. The second kappa shape index (κ2) is 14.6. The molecule has 0 bridgehead atoms. The Morgan fingerprint density at radius 2 is 1.21 bits per heavy atom. The molecule has 4 nitrogen and oxygen atoms in total. The van der Waals surface area contributed by atoms with E-state index in [-0.39, 0.29) is 17.9 Å². The molecule has 0 aliphatic carbocycles. The Balaban J connectivity index is 0. The molecule has 0 aliphatic heterocycles. The van der Waals surface area contributed by atoms with Gasteiger partial charge in [-0.25, -0.2) is 0 Å². The van der Waals surface area contributed by atoms with Gasteiger partial charge in [0.25, 0.3) is 10.5 Å². The molecule has 0 aromatic heterocycles. The van der Waals surface area contributed by atoms with Crippen LogP contribution in [0.2, 0.25) is 0 Å². The van der Waals surface area contributed by atoms with Gasteiger partial charge in [-0.05, 0) is 67.6 Å². The minimum atomic E-state index is -0.407. The molecule has 0 atom stereocenters. The van der Waals surface area contributed by atoms with E-state index >= 15 is 0 Å². The van der Waals surface area contributed by atoms with Crippen molar-refractivity contribution in [1.82, 2.24) is 5.43 Å². The van der Waals surface area contributed by atoms with Gasteiger partial charge in [0.05, 0.1) is 0 Å². The Hall–Kier alpha value is -1.43. The van der Waals surface area contributed by atoms with Crippen LogP contribution in [0.4, 0.5) is 0 Å². The molecule has 0 heterocycles. The van der Waals surface area contributed by atoms with Crippen LogP contribution in [0.3, 0.4) is 0 Å². The van der Waals surface area contributed by atoms with Crippen molar-refractivity contribution in [2.45, 2.75) is 46.1 Å². The first-order valence-corrected chi connectivity index (χ1v) is 9.26. The van der Waals surface area contributed by atoms with Crippen LogP contribution < -0.4 is 11.3 Å². The predicted molar refractivity (Wildman–Crippen MR) is 122 cm³/mol. The van der Waals surface area contributed by atoms with Gasteiger partial charge < -0.3 is 0 Å². The van der Waals surface area contributed by atoms with Crippen molar-refractivity contribution in [1.29, 1.82) is 0 Å². The van der Waals surface area contributed by atoms with Crippen LogP contribution in [0.25, 0.3) is 0 Å². The first-order chi connectivity index (χ1) is 12.5. The van der Waals surface area contributed by atoms with Gasteiger partial charge >= 0.3 is 0 Å². The Kier molecular flexibility index (Phi) is 15.0. The summed E-state index contributed by atoms with van der Waals surface area (Å²) in [5, 5.41) is -0.805. The number of hydrazine groups is 1. The fourth-order valence-electron chi connectivity index (χ4n) is 1.57. The molecule has 0 spiro atoms. The molecule has 0 radical (unpaired) electrons. The minimum Gasteiger partial charge on any atom is -0.276 e. The molecule has 2 rings (SSSR count). The van der Waals surface area contributed by atoms with E-state index in [0.29, 0.717) is 17.0 Å². The monoisotopic (exact) mass is 446 g/mol. The maximum absolute atomic E-state index is 10.7. The van der Waals surface area contributed by atoms with Gasteiger partial charge in [0, 0.05) is 16.7 Å². The van der Waals surface area contributed by atoms with E-state index < -0.39 is 10.5 Å². The molecule has 0 fully saturated rings. The summed E-state index contributed by atoms with van der Waals surface area (Å²) >= 11 is 10.5. The van der Waals surface area contributed by atoms with E-state index in [4.69, 9.17) is 29.0 Å². The Labute approximate surface area is 184 Å². The van der Waals surface area contributed by atoms with Crippen molar-refractivity contribution < 1.29 is 9.59 Å². The van der Waals surface area contributed by atoms with E-state index in [0.717, 1.165) is 0 Å². The fourth-order valence-corrected chi connectivity index (χ4v) is 1.82. The topological polar surface area (TPSA) is 72.2 Å². The van der Waals surface area contributed by atoms with Gasteiger partial charge in [0.1, 0.15) is 0 Å². The molecular formula is C21H29Cl3N2O2. The standard InChI is InChI=1S/C10H11ClO.C7H5ClO.C4H12N2.ClH/c1-7(2)8-3-5-9(6-4-8)10(11)12;8-7(9)6-4-2-1-3-5-6;1-4(2,3)6-5;/h3-7H,1-2H3;1-5H;6H,5H2,1-3H3;1H. The lowest BCUT2D eigenvalue weighted by Crippen LogP contribution is -2.41. The summed E-state index contributed by atoms with van der Waals surface area (Å²) in [4.78, 5) is 21.1. The van der Waals surface area contributed by atoms with Gasteiger partial charge in [0.15, 0.2) is 0 Å². The summed E-state index contributed by atoms with van der Waals surface area (Å²) in [6.45, 7) is 10.2. The van der Waals surface area contributed by atoms with Gasteiger partial charge in [-0.15, -0.1) is 12.4 Å². The third-order valence-electron chi connectivity index (χ3n) is 3.24. The smallest absolute Gasteiger partial charge is 0.252 e. The maximum atomic E-state index is 10.7.